The third-order valence-electron chi connectivity index (χ3n) is 5.28. The van der Waals surface area contributed by atoms with Gasteiger partial charge >= 0.3 is 0 Å². The summed E-state index contributed by atoms with van der Waals surface area (Å²) in [5.41, 5.74) is 6.25. The summed E-state index contributed by atoms with van der Waals surface area (Å²) >= 11 is 0. The van der Waals surface area contributed by atoms with Crippen molar-refractivity contribution in [3.8, 4) is 0 Å². The molecule has 1 aliphatic heterocycles. The smallest absolute Gasteiger partial charge is 0.191 e. The van der Waals surface area contributed by atoms with E-state index in [1.54, 1.807) is 0 Å². The molecule has 2 N–H and O–H groups in total. The van der Waals surface area contributed by atoms with Crippen molar-refractivity contribution in [3.63, 3.8) is 0 Å². The fourth-order valence-corrected chi connectivity index (χ4v) is 3.94. The molecule has 2 unspecified atom stereocenters. The van der Waals surface area contributed by atoms with Crippen molar-refractivity contribution in [2.24, 2.45) is 22.6 Å². The fourth-order valence-electron chi connectivity index (χ4n) is 3.94. The van der Waals surface area contributed by atoms with E-state index >= 15 is 0 Å². The van der Waals surface area contributed by atoms with E-state index < -0.39 is 0 Å². The molecule has 0 aromatic rings. The summed E-state index contributed by atoms with van der Waals surface area (Å²) in [6.45, 7) is 5.32. The summed E-state index contributed by atoms with van der Waals surface area (Å²) in [6.07, 6.45) is 9.48. The molecule has 1 saturated heterocycles. The van der Waals surface area contributed by atoms with Crippen LogP contribution in [0.3, 0.4) is 0 Å². The highest BCUT2D eigenvalue weighted by molar-refractivity contribution is 5.78. The van der Waals surface area contributed by atoms with Crippen molar-refractivity contribution >= 4 is 5.96 Å². The molecule has 4 heteroatoms. The Hall–Kier alpha value is -0.770. The number of hydrogen-bond donors (Lipinski definition) is 1. The maximum atomic E-state index is 6.25. The predicted molar refractivity (Wildman–Crippen MR) is 90.5 cm³/mol. The van der Waals surface area contributed by atoms with Crippen LogP contribution in [-0.4, -0.2) is 55.5 Å². The van der Waals surface area contributed by atoms with Gasteiger partial charge in [0, 0.05) is 19.1 Å². The number of nitrogens with two attached hydrogens (primary N) is 1. The Balaban J connectivity index is 1.91. The van der Waals surface area contributed by atoms with Gasteiger partial charge in [0.05, 0.1) is 6.54 Å². The second-order valence-corrected chi connectivity index (χ2v) is 7.32. The molecule has 1 aliphatic carbocycles. The van der Waals surface area contributed by atoms with Crippen LogP contribution in [0, 0.1) is 11.8 Å². The first kappa shape index (κ1) is 16.6. The van der Waals surface area contributed by atoms with Crippen molar-refractivity contribution in [3.05, 3.63) is 0 Å². The molecule has 1 saturated carbocycles. The van der Waals surface area contributed by atoms with E-state index in [4.69, 9.17) is 10.7 Å². The van der Waals surface area contributed by atoms with Gasteiger partial charge in [0.25, 0.3) is 0 Å². The summed E-state index contributed by atoms with van der Waals surface area (Å²) in [7, 11) is 4.38. The highest BCUT2D eigenvalue weighted by atomic mass is 15.3. The van der Waals surface area contributed by atoms with Crippen LogP contribution in [0.15, 0.2) is 4.99 Å². The number of hydrogen-bond acceptors (Lipinski definition) is 2. The maximum absolute atomic E-state index is 6.25. The van der Waals surface area contributed by atoms with E-state index in [9.17, 15) is 0 Å². The molecular formula is C17H34N4. The number of likely N-dealkylation sites (tertiary alicyclic amines) is 1. The Morgan fingerprint density at radius 3 is 2.52 bits per heavy atom. The molecule has 4 nitrogen and oxygen atoms in total. The molecule has 0 aromatic carbocycles. The zero-order valence-electron chi connectivity index (χ0n) is 14.2. The van der Waals surface area contributed by atoms with Gasteiger partial charge in [-0.2, -0.15) is 0 Å². The minimum Gasteiger partial charge on any atom is -0.370 e. The minimum atomic E-state index is 0.547. The second kappa shape index (κ2) is 8.02. The monoisotopic (exact) mass is 294 g/mol. The zero-order valence-corrected chi connectivity index (χ0v) is 14.2. The molecule has 0 bridgehead atoms. The van der Waals surface area contributed by atoms with Gasteiger partial charge in [-0.3, -0.25) is 4.99 Å². The van der Waals surface area contributed by atoms with Gasteiger partial charge in [-0.05, 0) is 51.6 Å². The van der Waals surface area contributed by atoms with Crippen LogP contribution in [0.25, 0.3) is 0 Å². The van der Waals surface area contributed by atoms with Crippen LogP contribution in [0.1, 0.15) is 51.9 Å². The van der Waals surface area contributed by atoms with Crippen LogP contribution in [0.5, 0.6) is 0 Å². The van der Waals surface area contributed by atoms with Gasteiger partial charge < -0.3 is 15.5 Å². The maximum Gasteiger partial charge on any atom is 0.191 e. The van der Waals surface area contributed by atoms with Crippen LogP contribution >= 0.6 is 0 Å². The first-order chi connectivity index (χ1) is 10.1. The van der Waals surface area contributed by atoms with Gasteiger partial charge in [0.15, 0.2) is 5.96 Å². The molecule has 2 aliphatic rings. The van der Waals surface area contributed by atoms with Crippen molar-refractivity contribution in [1.82, 2.24) is 9.80 Å². The van der Waals surface area contributed by atoms with Crippen molar-refractivity contribution in [1.29, 1.82) is 0 Å². The number of nitrogens with zero attached hydrogens (tertiary/aromatic N) is 3. The molecule has 0 spiro atoms. The van der Waals surface area contributed by atoms with Gasteiger partial charge in [-0.25, -0.2) is 0 Å². The summed E-state index contributed by atoms with van der Waals surface area (Å²) < 4.78 is 0. The molecule has 2 atom stereocenters. The molecule has 21 heavy (non-hydrogen) atoms. The summed E-state index contributed by atoms with van der Waals surface area (Å²) in [4.78, 5) is 9.39. The molecule has 2 rings (SSSR count). The summed E-state index contributed by atoms with van der Waals surface area (Å²) in [6, 6.07) is 0.547. The van der Waals surface area contributed by atoms with Crippen molar-refractivity contribution in [2.75, 3.05) is 33.7 Å². The minimum absolute atomic E-state index is 0.547. The van der Waals surface area contributed by atoms with Crippen LogP contribution < -0.4 is 5.73 Å². The van der Waals surface area contributed by atoms with Crippen LogP contribution in [0.4, 0.5) is 0 Å². The molecular weight excluding hydrogens is 260 g/mol. The molecule has 122 valence electrons. The second-order valence-electron chi connectivity index (χ2n) is 7.32. The number of guanidine groups is 1. The normalized spacial score (nSPS) is 27.1. The van der Waals surface area contributed by atoms with Crippen molar-refractivity contribution in [2.45, 2.75) is 57.9 Å². The van der Waals surface area contributed by atoms with E-state index in [1.807, 2.05) is 0 Å². The molecule has 0 aromatic heterocycles. The lowest BCUT2D eigenvalue weighted by Gasteiger charge is -2.35. The molecule has 0 amide bonds. The lowest BCUT2D eigenvalue weighted by molar-refractivity contribution is 0.175. The Morgan fingerprint density at radius 1 is 1.19 bits per heavy atom. The van der Waals surface area contributed by atoms with Crippen LogP contribution in [-0.2, 0) is 0 Å². The molecule has 1 heterocycles. The van der Waals surface area contributed by atoms with Gasteiger partial charge in [-0.15, -0.1) is 0 Å². The number of piperidine rings is 1. The predicted octanol–water partition coefficient (Wildman–Crippen LogP) is 2.54. The topological polar surface area (TPSA) is 44.9 Å². The average Bonchev–Trinajstić information content (AvgIpc) is 2.48. The number of likely N-dealkylation sites (N-methyl/N-ethyl adjacent to an activating group) is 1. The Morgan fingerprint density at radius 2 is 1.90 bits per heavy atom. The van der Waals surface area contributed by atoms with Gasteiger partial charge in [0.1, 0.15) is 0 Å². The zero-order chi connectivity index (χ0) is 15.2. The highest BCUT2D eigenvalue weighted by Gasteiger charge is 2.25. The third-order valence-corrected chi connectivity index (χ3v) is 5.28. The Bertz CT molecular complexity index is 334. The first-order valence-electron chi connectivity index (χ1n) is 8.79. The van der Waals surface area contributed by atoms with E-state index in [-0.39, 0.29) is 0 Å². The number of rotatable bonds is 4. The first-order valence-corrected chi connectivity index (χ1v) is 8.79. The van der Waals surface area contributed by atoms with Gasteiger partial charge in [-0.1, -0.05) is 26.2 Å². The van der Waals surface area contributed by atoms with Crippen molar-refractivity contribution < 1.29 is 0 Å². The Labute approximate surface area is 130 Å². The van der Waals surface area contributed by atoms with Crippen LogP contribution in [0.2, 0.25) is 0 Å². The van der Waals surface area contributed by atoms with Gasteiger partial charge in [0.2, 0.25) is 0 Å². The molecule has 2 fully saturated rings. The molecule has 0 radical (unpaired) electrons. The van der Waals surface area contributed by atoms with E-state index in [1.165, 1.54) is 44.9 Å². The van der Waals surface area contributed by atoms with E-state index in [0.717, 1.165) is 37.4 Å². The van der Waals surface area contributed by atoms with E-state index in [2.05, 4.69) is 30.8 Å². The third kappa shape index (κ3) is 4.87. The standard InChI is InChI=1S/C17H34N4/c1-14-8-7-11-21(13-14)17(18)19-12-16(20(2)3)15-9-5-4-6-10-15/h14-16H,4-13H2,1-3H3,(H2,18,19). The van der Waals surface area contributed by atoms with E-state index in [0.29, 0.717) is 6.04 Å². The quantitative estimate of drug-likeness (QED) is 0.640. The Kier molecular flexibility index (Phi) is 6.34. The lowest BCUT2D eigenvalue weighted by atomic mass is 9.83. The SMILES string of the molecule is CC1CCCN(C(N)=NCC(C2CCCCC2)N(C)C)C1. The average molecular weight is 294 g/mol. The lowest BCUT2D eigenvalue weighted by Crippen LogP contribution is -2.45. The summed E-state index contributed by atoms with van der Waals surface area (Å²) in [5.74, 6) is 2.31. The largest absolute Gasteiger partial charge is 0.370 e. The summed E-state index contributed by atoms with van der Waals surface area (Å²) in [5, 5.41) is 0. The number of aliphatic imine (C=N–C) groups is 1. The fraction of sp³-hybridized carbons (Fsp3) is 0.941. The highest BCUT2D eigenvalue weighted by Crippen LogP contribution is 2.28.